The summed E-state index contributed by atoms with van der Waals surface area (Å²) in [7, 11) is 2.22. The fourth-order valence-electron chi connectivity index (χ4n) is 2.54. The Balaban J connectivity index is 2.02. The number of rotatable bonds is 4. The number of piperidine rings is 1. The molecule has 2 rings (SSSR count). The van der Waals surface area contributed by atoms with Gasteiger partial charge in [0.1, 0.15) is 5.82 Å². The maximum Gasteiger partial charge on any atom is 0.126 e. The number of likely N-dealkylation sites (tertiary alicyclic amines) is 1. The molecule has 3 nitrogen and oxygen atoms in total. The molecule has 0 bridgehead atoms. The van der Waals surface area contributed by atoms with Crippen LogP contribution in [0.25, 0.3) is 0 Å². The first-order valence-electron chi connectivity index (χ1n) is 7.13. The number of hydrogen-bond donors (Lipinski definition) is 1. The third kappa shape index (κ3) is 3.22. The topological polar surface area (TPSA) is 28.2 Å². The van der Waals surface area contributed by atoms with E-state index in [-0.39, 0.29) is 0 Å². The van der Waals surface area contributed by atoms with E-state index in [9.17, 15) is 0 Å². The Morgan fingerprint density at radius 3 is 2.89 bits per heavy atom. The molecule has 0 aromatic carbocycles. The van der Waals surface area contributed by atoms with Gasteiger partial charge >= 0.3 is 0 Å². The molecule has 0 saturated carbocycles. The van der Waals surface area contributed by atoms with Crippen molar-refractivity contribution in [2.24, 2.45) is 0 Å². The van der Waals surface area contributed by atoms with Crippen LogP contribution in [0, 0.1) is 0 Å². The molecule has 1 aliphatic rings. The van der Waals surface area contributed by atoms with E-state index in [1.807, 2.05) is 6.20 Å². The molecule has 1 fully saturated rings. The predicted octanol–water partition coefficient (Wildman–Crippen LogP) is 3.45. The van der Waals surface area contributed by atoms with Gasteiger partial charge < -0.3 is 5.32 Å². The molecule has 0 aliphatic carbocycles. The fraction of sp³-hybridized carbons (Fsp3) is 0.667. The van der Waals surface area contributed by atoms with E-state index in [0.29, 0.717) is 12.1 Å². The summed E-state index contributed by atoms with van der Waals surface area (Å²) < 4.78 is 0. The Bertz CT molecular complexity index is 361. The third-order valence-corrected chi connectivity index (χ3v) is 3.95. The molecule has 0 spiro atoms. The molecule has 1 aromatic rings. The maximum atomic E-state index is 4.54. The zero-order valence-corrected chi connectivity index (χ0v) is 11.8. The molecule has 0 radical (unpaired) electrons. The Morgan fingerprint density at radius 2 is 2.28 bits per heavy atom. The Hall–Kier alpha value is -1.09. The van der Waals surface area contributed by atoms with E-state index in [0.717, 1.165) is 12.2 Å². The summed E-state index contributed by atoms with van der Waals surface area (Å²) >= 11 is 0. The Morgan fingerprint density at radius 1 is 1.44 bits per heavy atom. The lowest BCUT2D eigenvalue weighted by molar-refractivity contribution is 0.187. The minimum Gasteiger partial charge on any atom is -0.368 e. The van der Waals surface area contributed by atoms with Crippen molar-refractivity contribution in [3.05, 3.63) is 23.9 Å². The molecule has 1 N–H and O–H groups in total. The smallest absolute Gasteiger partial charge is 0.126 e. The summed E-state index contributed by atoms with van der Waals surface area (Å²) in [5.74, 6) is 0.992. The standard InChI is InChI=1S/C15H25N3/c1-4-12(2)17-15-9-8-13(11-16-15)14-7-5-6-10-18(14)3/h8-9,11-12,14H,4-7,10H2,1-3H3,(H,16,17)/t12-,14+/m0/s1. The van der Waals surface area contributed by atoms with Crippen molar-refractivity contribution < 1.29 is 0 Å². The summed E-state index contributed by atoms with van der Waals surface area (Å²) in [6, 6.07) is 5.39. The van der Waals surface area contributed by atoms with Crippen molar-refractivity contribution in [2.75, 3.05) is 18.9 Å². The number of nitrogens with one attached hydrogen (secondary N) is 1. The van der Waals surface area contributed by atoms with Crippen LogP contribution in [0.3, 0.4) is 0 Å². The molecule has 2 atom stereocenters. The zero-order valence-electron chi connectivity index (χ0n) is 11.8. The van der Waals surface area contributed by atoms with Crippen LogP contribution < -0.4 is 5.32 Å². The van der Waals surface area contributed by atoms with Gasteiger partial charge in [0.2, 0.25) is 0 Å². The van der Waals surface area contributed by atoms with E-state index in [2.05, 4.69) is 48.2 Å². The number of aromatic nitrogens is 1. The Kier molecular flexibility index (Phi) is 4.59. The largest absolute Gasteiger partial charge is 0.368 e. The van der Waals surface area contributed by atoms with Gasteiger partial charge in [0.05, 0.1) is 0 Å². The normalized spacial score (nSPS) is 22.7. The lowest BCUT2D eigenvalue weighted by Gasteiger charge is -2.32. The van der Waals surface area contributed by atoms with Crippen LogP contribution >= 0.6 is 0 Å². The highest BCUT2D eigenvalue weighted by Gasteiger charge is 2.20. The van der Waals surface area contributed by atoms with E-state index in [1.54, 1.807) is 0 Å². The summed E-state index contributed by atoms with van der Waals surface area (Å²) in [5, 5.41) is 3.41. The van der Waals surface area contributed by atoms with E-state index < -0.39 is 0 Å². The first-order valence-corrected chi connectivity index (χ1v) is 7.13. The van der Waals surface area contributed by atoms with Crippen molar-refractivity contribution in [1.82, 2.24) is 9.88 Å². The predicted molar refractivity (Wildman–Crippen MR) is 76.8 cm³/mol. The lowest BCUT2D eigenvalue weighted by atomic mass is 9.97. The quantitative estimate of drug-likeness (QED) is 0.883. The molecule has 1 aliphatic heterocycles. The van der Waals surface area contributed by atoms with E-state index >= 15 is 0 Å². The van der Waals surface area contributed by atoms with Gasteiger partial charge in [-0.3, -0.25) is 4.90 Å². The SMILES string of the molecule is CC[C@H](C)Nc1ccc([C@H]2CCCCN2C)cn1. The summed E-state index contributed by atoms with van der Waals surface area (Å²) in [6.07, 6.45) is 7.08. The highest BCUT2D eigenvalue weighted by Crippen LogP contribution is 2.29. The van der Waals surface area contributed by atoms with Gasteiger partial charge in [-0.05, 0) is 51.4 Å². The van der Waals surface area contributed by atoms with Crippen LogP contribution in [0.15, 0.2) is 18.3 Å². The monoisotopic (exact) mass is 247 g/mol. The molecule has 18 heavy (non-hydrogen) atoms. The molecular formula is C15H25N3. The minimum absolute atomic E-state index is 0.487. The van der Waals surface area contributed by atoms with E-state index in [4.69, 9.17) is 0 Å². The highest BCUT2D eigenvalue weighted by atomic mass is 15.1. The third-order valence-electron chi connectivity index (χ3n) is 3.95. The van der Waals surface area contributed by atoms with Crippen LogP contribution in [0.4, 0.5) is 5.82 Å². The van der Waals surface area contributed by atoms with Crippen molar-refractivity contribution in [2.45, 2.75) is 51.6 Å². The van der Waals surface area contributed by atoms with E-state index in [1.165, 1.54) is 31.4 Å². The second-order valence-corrected chi connectivity index (χ2v) is 5.42. The van der Waals surface area contributed by atoms with Gasteiger partial charge in [-0.25, -0.2) is 4.98 Å². The van der Waals surface area contributed by atoms with Crippen molar-refractivity contribution in [1.29, 1.82) is 0 Å². The van der Waals surface area contributed by atoms with Crippen molar-refractivity contribution >= 4 is 5.82 Å². The minimum atomic E-state index is 0.487. The summed E-state index contributed by atoms with van der Waals surface area (Å²) in [5.41, 5.74) is 1.35. The van der Waals surface area contributed by atoms with Crippen molar-refractivity contribution in [3.63, 3.8) is 0 Å². The van der Waals surface area contributed by atoms with Gasteiger partial charge in [0, 0.05) is 18.3 Å². The van der Waals surface area contributed by atoms with Gasteiger partial charge in [0.25, 0.3) is 0 Å². The van der Waals surface area contributed by atoms with Crippen LogP contribution in [0.2, 0.25) is 0 Å². The van der Waals surface area contributed by atoms with Gasteiger partial charge in [-0.2, -0.15) is 0 Å². The first kappa shape index (κ1) is 13.3. The maximum absolute atomic E-state index is 4.54. The molecule has 100 valence electrons. The van der Waals surface area contributed by atoms with Crippen LogP contribution in [-0.4, -0.2) is 29.5 Å². The summed E-state index contributed by atoms with van der Waals surface area (Å²) in [6.45, 7) is 5.57. The lowest BCUT2D eigenvalue weighted by Crippen LogP contribution is -2.29. The van der Waals surface area contributed by atoms with Crippen LogP contribution in [0.1, 0.15) is 51.1 Å². The number of anilines is 1. The average Bonchev–Trinajstić information content (AvgIpc) is 2.40. The molecule has 0 unspecified atom stereocenters. The molecule has 1 saturated heterocycles. The molecule has 2 heterocycles. The first-order chi connectivity index (χ1) is 8.70. The molecular weight excluding hydrogens is 222 g/mol. The summed E-state index contributed by atoms with van der Waals surface area (Å²) in [4.78, 5) is 6.99. The molecule has 0 amide bonds. The van der Waals surface area contributed by atoms with Gasteiger partial charge in [-0.1, -0.05) is 19.4 Å². The molecule has 3 heteroatoms. The number of hydrogen-bond acceptors (Lipinski definition) is 3. The van der Waals surface area contributed by atoms with Gasteiger partial charge in [0.15, 0.2) is 0 Å². The van der Waals surface area contributed by atoms with Crippen molar-refractivity contribution in [3.8, 4) is 0 Å². The molecule has 1 aromatic heterocycles. The Labute approximate surface area is 111 Å². The second-order valence-electron chi connectivity index (χ2n) is 5.42. The van der Waals surface area contributed by atoms with Crippen LogP contribution in [0.5, 0.6) is 0 Å². The number of nitrogens with zero attached hydrogens (tertiary/aromatic N) is 2. The fourth-order valence-corrected chi connectivity index (χ4v) is 2.54. The zero-order chi connectivity index (χ0) is 13.0. The van der Waals surface area contributed by atoms with Crippen LogP contribution in [-0.2, 0) is 0 Å². The van der Waals surface area contributed by atoms with Gasteiger partial charge in [-0.15, -0.1) is 0 Å². The second kappa shape index (κ2) is 6.19. The average molecular weight is 247 g/mol. The number of pyridine rings is 1. The highest BCUT2D eigenvalue weighted by molar-refractivity contribution is 5.37.